The largest absolute Gasteiger partial charge is 0.467 e. The first kappa shape index (κ1) is 21.1. The van der Waals surface area contributed by atoms with Crippen LogP contribution in [0.2, 0.25) is 0 Å². The summed E-state index contributed by atoms with van der Waals surface area (Å²) in [7, 11) is 0. The Morgan fingerprint density at radius 2 is 1.88 bits per heavy atom. The van der Waals surface area contributed by atoms with Gasteiger partial charge in [0, 0.05) is 18.4 Å². The third kappa shape index (κ3) is 3.62. The van der Waals surface area contributed by atoms with Crippen LogP contribution in [0.1, 0.15) is 25.8 Å². The number of furan rings is 1. The van der Waals surface area contributed by atoms with E-state index in [0.717, 1.165) is 0 Å². The summed E-state index contributed by atoms with van der Waals surface area (Å²) < 4.78 is 13.5. The molecule has 0 aliphatic carbocycles. The quantitative estimate of drug-likeness (QED) is 0.348. The Morgan fingerprint density at radius 1 is 1.12 bits per heavy atom. The second-order valence-electron chi connectivity index (χ2n) is 8.01. The maximum Gasteiger partial charge on any atom is 0.314 e. The monoisotopic (exact) mass is 449 g/mol. The fourth-order valence-corrected chi connectivity index (χ4v) is 4.28. The summed E-state index contributed by atoms with van der Waals surface area (Å²) in [5, 5.41) is 0.626. The second kappa shape index (κ2) is 8.30. The minimum atomic E-state index is -0.641. The Kier molecular flexibility index (Phi) is 5.31. The van der Waals surface area contributed by atoms with Crippen LogP contribution in [0.3, 0.4) is 0 Å². The van der Waals surface area contributed by atoms with Crippen LogP contribution in [0.5, 0.6) is 0 Å². The molecule has 0 amide bonds. The molecule has 1 saturated heterocycles. The highest BCUT2D eigenvalue weighted by atomic mass is 16.5. The van der Waals surface area contributed by atoms with Gasteiger partial charge in [-0.15, -0.1) is 0 Å². The maximum atomic E-state index is 13.4. The van der Waals surface area contributed by atoms with Gasteiger partial charge < -0.3 is 13.7 Å². The Hall–Kier alpha value is -3.76. The molecule has 10 nitrogen and oxygen atoms in total. The number of rotatable bonds is 5. The Balaban J connectivity index is 1.61. The number of carbonyl (C=O) groups is 1. The first-order valence-electron chi connectivity index (χ1n) is 10.7. The zero-order valence-electron chi connectivity index (χ0n) is 18.1. The first-order valence-corrected chi connectivity index (χ1v) is 10.7. The maximum absolute atomic E-state index is 13.4. The van der Waals surface area contributed by atoms with Crippen LogP contribution in [-0.2, 0) is 16.1 Å². The van der Waals surface area contributed by atoms with Crippen LogP contribution < -0.4 is 22.0 Å². The number of hydrogen-bond acceptors (Lipinski definition) is 8. The SMILES string of the molecule is CCOC(=O)C1C(C)NNC1n1ccc2nc3ccn(Cc4ccco4)c(=O)c3cc2c1=O. The van der Waals surface area contributed by atoms with Crippen molar-refractivity contribution in [2.75, 3.05) is 6.61 Å². The number of esters is 1. The van der Waals surface area contributed by atoms with Crippen LogP contribution in [0.25, 0.3) is 21.8 Å². The summed E-state index contributed by atoms with van der Waals surface area (Å²) in [6.45, 7) is 4.11. The van der Waals surface area contributed by atoms with Crippen molar-refractivity contribution in [3.05, 3.63) is 75.5 Å². The van der Waals surface area contributed by atoms with Gasteiger partial charge in [0.15, 0.2) is 0 Å². The van der Waals surface area contributed by atoms with E-state index in [9.17, 15) is 14.4 Å². The van der Waals surface area contributed by atoms with Crippen molar-refractivity contribution < 1.29 is 13.9 Å². The van der Waals surface area contributed by atoms with Gasteiger partial charge in [0.1, 0.15) is 17.8 Å². The highest BCUT2D eigenvalue weighted by molar-refractivity contribution is 5.91. The molecule has 0 bridgehead atoms. The van der Waals surface area contributed by atoms with E-state index in [0.29, 0.717) is 27.6 Å². The van der Waals surface area contributed by atoms with Gasteiger partial charge >= 0.3 is 5.97 Å². The van der Waals surface area contributed by atoms with E-state index < -0.39 is 18.1 Å². The van der Waals surface area contributed by atoms with Crippen LogP contribution in [0.15, 0.2) is 63.0 Å². The summed E-state index contributed by atoms with van der Waals surface area (Å²) in [4.78, 5) is 43.6. The van der Waals surface area contributed by atoms with Crippen molar-refractivity contribution in [1.82, 2.24) is 25.0 Å². The van der Waals surface area contributed by atoms with Crippen LogP contribution in [0.4, 0.5) is 0 Å². The molecule has 0 saturated carbocycles. The van der Waals surface area contributed by atoms with E-state index in [1.54, 1.807) is 55.9 Å². The fourth-order valence-electron chi connectivity index (χ4n) is 4.28. The Morgan fingerprint density at radius 3 is 2.61 bits per heavy atom. The molecule has 2 N–H and O–H groups in total. The van der Waals surface area contributed by atoms with E-state index in [1.165, 1.54) is 9.13 Å². The lowest BCUT2D eigenvalue weighted by Gasteiger charge is -2.21. The third-order valence-corrected chi connectivity index (χ3v) is 5.95. The lowest BCUT2D eigenvalue weighted by atomic mass is 10.00. The summed E-state index contributed by atoms with van der Waals surface area (Å²) >= 11 is 0. The molecule has 3 atom stereocenters. The molecule has 5 rings (SSSR count). The molecule has 4 aromatic heterocycles. The zero-order valence-corrected chi connectivity index (χ0v) is 18.1. The molecule has 1 aliphatic heterocycles. The van der Waals surface area contributed by atoms with Gasteiger partial charge in [-0.2, -0.15) is 0 Å². The zero-order chi connectivity index (χ0) is 23.1. The normalized spacial score (nSPS) is 20.5. The third-order valence-electron chi connectivity index (χ3n) is 5.95. The van der Waals surface area contributed by atoms with E-state index in [1.807, 2.05) is 6.92 Å². The smallest absolute Gasteiger partial charge is 0.314 e. The molecule has 33 heavy (non-hydrogen) atoms. The number of nitrogens with zero attached hydrogens (tertiary/aromatic N) is 3. The number of nitrogens with one attached hydrogen (secondary N) is 2. The standard InChI is InChI=1S/C23H23N5O5/c1-3-32-23(31)19-13(2)25-26-20(19)28-9-7-18-16(22(28)30)11-15-17(24-18)6-8-27(21(15)29)12-14-5-4-10-33-14/h4-11,13,19-20,25-26H,3,12H2,1-2H3. The predicted molar refractivity (Wildman–Crippen MR) is 120 cm³/mol. The number of hydrogen-bond donors (Lipinski definition) is 2. The molecule has 0 spiro atoms. The molecule has 170 valence electrons. The highest BCUT2D eigenvalue weighted by Crippen LogP contribution is 2.25. The Bertz CT molecular complexity index is 1460. The van der Waals surface area contributed by atoms with E-state index >= 15 is 0 Å². The molecule has 1 aliphatic rings. The number of fused-ring (bicyclic) bond motifs is 2. The Labute approximate surface area is 187 Å². The molecule has 0 radical (unpaired) electrons. The minimum Gasteiger partial charge on any atom is -0.467 e. The van der Waals surface area contributed by atoms with Crippen molar-refractivity contribution in [3.8, 4) is 0 Å². The lowest BCUT2D eigenvalue weighted by Crippen LogP contribution is -2.38. The predicted octanol–water partition coefficient (Wildman–Crippen LogP) is 1.53. The van der Waals surface area contributed by atoms with Crippen LogP contribution in [-0.4, -0.2) is 32.7 Å². The van der Waals surface area contributed by atoms with Crippen LogP contribution in [0, 0.1) is 5.92 Å². The number of aromatic nitrogens is 3. The molecule has 1 fully saturated rings. The number of pyridine rings is 3. The molecule has 0 aromatic carbocycles. The van der Waals surface area contributed by atoms with Gasteiger partial charge in [0.25, 0.3) is 11.1 Å². The van der Waals surface area contributed by atoms with Crippen molar-refractivity contribution in [2.45, 2.75) is 32.6 Å². The topological polar surface area (TPSA) is 120 Å². The second-order valence-corrected chi connectivity index (χ2v) is 8.01. The molecule has 5 heterocycles. The van der Waals surface area contributed by atoms with Gasteiger partial charge in [-0.25, -0.2) is 10.4 Å². The lowest BCUT2D eigenvalue weighted by molar-refractivity contribution is -0.149. The first-order chi connectivity index (χ1) is 16.0. The van der Waals surface area contributed by atoms with E-state index in [2.05, 4.69) is 15.8 Å². The number of carbonyl (C=O) groups excluding carboxylic acids is 1. The van der Waals surface area contributed by atoms with E-state index in [-0.39, 0.29) is 30.3 Å². The molecule has 3 unspecified atom stereocenters. The highest BCUT2D eigenvalue weighted by Gasteiger charge is 2.41. The summed E-state index contributed by atoms with van der Waals surface area (Å²) in [5.41, 5.74) is 6.37. The van der Waals surface area contributed by atoms with Crippen molar-refractivity contribution in [3.63, 3.8) is 0 Å². The fraction of sp³-hybridized carbons (Fsp3) is 0.304. The van der Waals surface area contributed by atoms with Gasteiger partial charge in [-0.1, -0.05) is 0 Å². The average Bonchev–Trinajstić information content (AvgIpc) is 3.45. The molecule has 4 aromatic rings. The van der Waals surface area contributed by atoms with Crippen molar-refractivity contribution in [1.29, 1.82) is 0 Å². The average molecular weight is 449 g/mol. The van der Waals surface area contributed by atoms with Crippen molar-refractivity contribution in [2.24, 2.45) is 5.92 Å². The summed E-state index contributed by atoms with van der Waals surface area (Å²) in [6.07, 6.45) is 4.17. The van der Waals surface area contributed by atoms with Gasteiger partial charge in [-0.3, -0.25) is 24.4 Å². The van der Waals surface area contributed by atoms with Gasteiger partial charge in [-0.05, 0) is 44.2 Å². The molecular formula is C23H23N5O5. The van der Waals surface area contributed by atoms with Gasteiger partial charge in [0.2, 0.25) is 0 Å². The number of ether oxygens (including phenoxy) is 1. The van der Waals surface area contributed by atoms with E-state index in [4.69, 9.17) is 9.15 Å². The summed E-state index contributed by atoms with van der Waals surface area (Å²) in [6, 6.07) is 8.33. The minimum absolute atomic E-state index is 0.236. The van der Waals surface area contributed by atoms with Crippen LogP contribution >= 0.6 is 0 Å². The number of hydrazine groups is 1. The van der Waals surface area contributed by atoms with Gasteiger partial charge in [0.05, 0.1) is 41.2 Å². The molecular weight excluding hydrogens is 426 g/mol. The van der Waals surface area contributed by atoms with Crippen molar-refractivity contribution >= 4 is 27.8 Å². The molecule has 10 heteroatoms. The summed E-state index contributed by atoms with van der Waals surface area (Å²) in [5.74, 6) is -0.345.